The molecule has 0 aromatic heterocycles. The molecule has 4 rings (SSSR count). The third kappa shape index (κ3) is 3.79. The lowest BCUT2D eigenvalue weighted by Gasteiger charge is -2.37. The number of carbonyl (C=O) groups is 3. The summed E-state index contributed by atoms with van der Waals surface area (Å²) in [5.74, 6) is -3.18. The van der Waals surface area contributed by atoms with Crippen molar-refractivity contribution in [3.8, 4) is 0 Å². The number of halogens is 2. The lowest BCUT2D eigenvalue weighted by molar-refractivity contribution is -0.153. The molecule has 6 atom stereocenters. The highest BCUT2D eigenvalue weighted by molar-refractivity contribution is 9.09. The van der Waals surface area contributed by atoms with E-state index in [-0.39, 0.29) is 31.1 Å². The van der Waals surface area contributed by atoms with Crippen LogP contribution in [0, 0.1) is 11.8 Å². The van der Waals surface area contributed by atoms with Gasteiger partial charge in [0.15, 0.2) is 0 Å². The lowest BCUT2D eigenvalue weighted by Crippen LogP contribution is -2.57. The normalized spacial score (nSPS) is 31.3. The number of amides is 2. The SMILES string of the molecule is C=CCOC(=O)[C@H]1[C@@H]2OC3(CC2Br)C(C(=O)N(CC=C)c2ccccc2Cl)N(CCO)C(=O)[C@H]13. The summed E-state index contributed by atoms with van der Waals surface area (Å²) in [6.45, 7) is 7.04. The monoisotopic (exact) mass is 552 g/mol. The summed E-state index contributed by atoms with van der Waals surface area (Å²) < 4.78 is 11.6. The van der Waals surface area contributed by atoms with E-state index in [1.807, 2.05) is 0 Å². The Morgan fingerprint density at radius 2 is 2.09 bits per heavy atom. The fourth-order valence-electron chi connectivity index (χ4n) is 5.52. The van der Waals surface area contributed by atoms with Gasteiger partial charge in [0, 0.05) is 17.9 Å². The first kappa shape index (κ1) is 24.9. The number of anilines is 1. The highest BCUT2D eigenvalue weighted by atomic mass is 79.9. The second-order valence-corrected chi connectivity index (χ2v) is 10.1. The zero-order valence-electron chi connectivity index (χ0n) is 18.4. The Morgan fingerprint density at radius 1 is 1.35 bits per heavy atom. The molecule has 3 aliphatic heterocycles. The van der Waals surface area contributed by atoms with Gasteiger partial charge >= 0.3 is 5.97 Å². The minimum absolute atomic E-state index is 0.00521. The van der Waals surface area contributed by atoms with Crippen LogP contribution in [0.3, 0.4) is 0 Å². The highest BCUT2D eigenvalue weighted by Crippen LogP contribution is 2.60. The molecule has 3 fully saturated rings. The van der Waals surface area contributed by atoms with Crippen molar-refractivity contribution in [1.29, 1.82) is 0 Å². The molecular weight excluding hydrogens is 528 g/mol. The Bertz CT molecular complexity index is 1020. The average Bonchev–Trinajstić information content (AvgIpc) is 3.40. The maximum atomic E-state index is 14.1. The van der Waals surface area contributed by atoms with Crippen LogP contribution in [-0.4, -0.2) is 76.7 Å². The molecule has 10 heteroatoms. The van der Waals surface area contributed by atoms with E-state index in [0.717, 1.165) is 0 Å². The number of esters is 1. The van der Waals surface area contributed by atoms with Crippen molar-refractivity contribution in [3.63, 3.8) is 0 Å². The molecule has 1 aromatic rings. The highest BCUT2D eigenvalue weighted by Gasteiger charge is 2.77. The molecule has 3 unspecified atom stereocenters. The van der Waals surface area contributed by atoms with Gasteiger partial charge in [-0.15, -0.1) is 6.58 Å². The van der Waals surface area contributed by atoms with Crippen molar-refractivity contribution < 1.29 is 29.0 Å². The van der Waals surface area contributed by atoms with E-state index in [1.54, 1.807) is 30.3 Å². The third-order valence-electron chi connectivity index (χ3n) is 6.70. The fourth-order valence-corrected chi connectivity index (χ4v) is 6.70. The summed E-state index contributed by atoms with van der Waals surface area (Å²) in [6, 6.07) is 5.84. The Hall–Kier alpha value is -2.20. The Labute approximate surface area is 211 Å². The van der Waals surface area contributed by atoms with Gasteiger partial charge in [0.1, 0.15) is 18.2 Å². The second kappa shape index (κ2) is 9.81. The molecule has 3 heterocycles. The number of aliphatic hydroxyl groups is 1. The zero-order valence-corrected chi connectivity index (χ0v) is 20.8. The number of ether oxygens (including phenoxy) is 2. The minimum Gasteiger partial charge on any atom is -0.461 e. The number of para-hydroxylation sites is 1. The molecule has 1 aromatic carbocycles. The van der Waals surface area contributed by atoms with Gasteiger partial charge in [-0.3, -0.25) is 14.4 Å². The number of fused-ring (bicyclic) bond motifs is 1. The number of rotatable bonds is 9. The quantitative estimate of drug-likeness (QED) is 0.287. The zero-order chi connectivity index (χ0) is 24.6. The standard InChI is InChI=1S/C24H26BrClN2O6/c1-3-9-27(16-8-6-5-7-15(16)26)22(31)20-24-13-14(25)19(34-24)17(23(32)33-12-4-2)18(24)21(30)28(20)10-11-29/h3-8,14,17-20,29H,1-2,9-13H2/t14?,17-,18+,19-,20?,24?/m1/s1. The smallest absolute Gasteiger partial charge is 0.312 e. The number of hydrogen-bond acceptors (Lipinski definition) is 6. The molecule has 0 radical (unpaired) electrons. The lowest BCUT2D eigenvalue weighted by atomic mass is 9.70. The van der Waals surface area contributed by atoms with Crippen molar-refractivity contribution in [2.75, 3.05) is 31.2 Å². The van der Waals surface area contributed by atoms with Crippen LogP contribution >= 0.6 is 27.5 Å². The Balaban J connectivity index is 1.78. The molecule has 3 saturated heterocycles. The maximum Gasteiger partial charge on any atom is 0.312 e. The van der Waals surface area contributed by atoms with Gasteiger partial charge in [0.25, 0.3) is 5.91 Å². The second-order valence-electron chi connectivity index (χ2n) is 8.53. The number of aliphatic hydroxyl groups excluding tert-OH is 1. The van der Waals surface area contributed by atoms with Crippen molar-refractivity contribution in [3.05, 3.63) is 54.6 Å². The first-order valence-electron chi connectivity index (χ1n) is 11.0. The molecule has 2 bridgehead atoms. The summed E-state index contributed by atoms with van der Waals surface area (Å²) >= 11 is 9.99. The van der Waals surface area contributed by atoms with Gasteiger partial charge in [-0.1, -0.05) is 58.4 Å². The first-order valence-corrected chi connectivity index (χ1v) is 12.3. The molecule has 34 heavy (non-hydrogen) atoms. The van der Waals surface area contributed by atoms with Crippen LogP contribution in [0.2, 0.25) is 5.02 Å². The molecule has 2 amide bonds. The van der Waals surface area contributed by atoms with E-state index in [4.69, 9.17) is 21.1 Å². The number of benzene rings is 1. The summed E-state index contributed by atoms with van der Waals surface area (Å²) in [5.41, 5.74) is -0.782. The summed E-state index contributed by atoms with van der Waals surface area (Å²) in [4.78, 5) is 43.2. The minimum atomic E-state index is -1.25. The van der Waals surface area contributed by atoms with Crippen LogP contribution in [0.1, 0.15) is 6.42 Å². The van der Waals surface area contributed by atoms with E-state index in [0.29, 0.717) is 17.1 Å². The van der Waals surface area contributed by atoms with Crippen LogP contribution in [0.4, 0.5) is 5.69 Å². The van der Waals surface area contributed by atoms with Crippen molar-refractivity contribution in [2.24, 2.45) is 11.8 Å². The molecule has 0 aliphatic carbocycles. The summed E-state index contributed by atoms with van der Waals surface area (Å²) in [6.07, 6.45) is 2.75. The molecule has 182 valence electrons. The van der Waals surface area contributed by atoms with Crippen LogP contribution in [0.15, 0.2) is 49.6 Å². The number of hydrogen-bond donors (Lipinski definition) is 1. The van der Waals surface area contributed by atoms with Gasteiger partial charge < -0.3 is 24.4 Å². The number of β-amino-alcohol motifs (C(OH)–C–C–N with tert-alkyl or cyclic N) is 1. The van der Waals surface area contributed by atoms with E-state index in [1.165, 1.54) is 15.9 Å². The summed E-state index contributed by atoms with van der Waals surface area (Å²) in [5, 5.41) is 10.1. The predicted molar refractivity (Wildman–Crippen MR) is 130 cm³/mol. The number of carbonyl (C=O) groups excluding carboxylic acids is 3. The fraction of sp³-hybridized carbons (Fsp3) is 0.458. The maximum absolute atomic E-state index is 14.1. The molecule has 3 aliphatic rings. The average molecular weight is 554 g/mol. The molecule has 8 nitrogen and oxygen atoms in total. The largest absolute Gasteiger partial charge is 0.461 e. The predicted octanol–water partition coefficient (Wildman–Crippen LogP) is 2.33. The topological polar surface area (TPSA) is 96.4 Å². The van der Waals surface area contributed by atoms with Crippen LogP contribution in [0.25, 0.3) is 0 Å². The number of alkyl halides is 1. The van der Waals surface area contributed by atoms with Gasteiger partial charge in [0.2, 0.25) is 5.91 Å². The van der Waals surface area contributed by atoms with Gasteiger partial charge in [-0.25, -0.2) is 0 Å². The molecular formula is C24H26BrClN2O6. The first-order chi connectivity index (χ1) is 16.3. The molecule has 0 saturated carbocycles. The van der Waals surface area contributed by atoms with E-state index in [2.05, 4.69) is 29.1 Å². The summed E-state index contributed by atoms with van der Waals surface area (Å²) in [7, 11) is 0. The molecule has 1 spiro atoms. The Morgan fingerprint density at radius 3 is 2.74 bits per heavy atom. The Kier molecular flexibility index (Phi) is 7.19. The van der Waals surface area contributed by atoms with Crippen molar-refractivity contribution in [2.45, 2.75) is 29.0 Å². The van der Waals surface area contributed by atoms with E-state index in [9.17, 15) is 19.5 Å². The van der Waals surface area contributed by atoms with Gasteiger partial charge in [-0.05, 0) is 18.6 Å². The van der Waals surface area contributed by atoms with Crippen LogP contribution < -0.4 is 4.90 Å². The third-order valence-corrected chi connectivity index (χ3v) is 7.86. The van der Waals surface area contributed by atoms with Crippen LogP contribution in [-0.2, 0) is 23.9 Å². The number of likely N-dealkylation sites (tertiary alicyclic amines) is 1. The van der Waals surface area contributed by atoms with Gasteiger partial charge in [0.05, 0.1) is 35.3 Å². The molecule has 1 N–H and O–H groups in total. The van der Waals surface area contributed by atoms with Crippen molar-refractivity contribution in [1.82, 2.24) is 4.90 Å². The number of nitrogens with zero attached hydrogens (tertiary/aromatic N) is 2. The van der Waals surface area contributed by atoms with Crippen LogP contribution in [0.5, 0.6) is 0 Å². The van der Waals surface area contributed by atoms with E-state index >= 15 is 0 Å². The van der Waals surface area contributed by atoms with E-state index < -0.39 is 47.4 Å². The van der Waals surface area contributed by atoms with Gasteiger partial charge in [-0.2, -0.15) is 0 Å². The van der Waals surface area contributed by atoms with Crippen molar-refractivity contribution >= 4 is 51.0 Å².